The first-order chi connectivity index (χ1) is 8.91. The maximum absolute atomic E-state index is 12.5. The number of rotatable bonds is 2. The van der Waals surface area contributed by atoms with E-state index in [1.54, 1.807) is 0 Å². The zero-order valence-electron chi connectivity index (χ0n) is 10.5. The molecule has 0 unspecified atom stereocenters. The number of alkyl halides is 3. The van der Waals surface area contributed by atoms with Crippen LogP contribution >= 0.6 is 0 Å². The van der Waals surface area contributed by atoms with Gasteiger partial charge in [0.1, 0.15) is 0 Å². The van der Waals surface area contributed by atoms with Gasteiger partial charge in [-0.05, 0) is 35.7 Å². The minimum absolute atomic E-state index is 0.358. The van der Waals surface area contributed by atoms with Crippen molar-refractivity contribution in [3.05, 3.63) is 59.2 Å². The van der Waals surface area contributed by atoms with Gasteiger partial charge in [-0.15, -0.1) is 0 Å². The standard InChI is InChI=1S/C15H14F3N/c1-10-2-3-12(9-19)14(8-10)11-4-6-13(7-5-11)15(16,17)18/h2-8H,9,19H2,1H3. The number of hydrogen-bond donors (Lipinski definition) is 1. The van der Waals surface area contributed by atoms with Crippen molar-refractivity contribution in [2.75, 3.05) is 0 Å². The summed E-state index contributed by atoms with van der Waals surface area (Å²) in [5.74, 6) is 0. The van der Waals surface area contributed by atoms with E-state index in [1.807, 2.05) is 25.1 Å². The van der Waals surface area contributed by atoms with Crippen LogP contribution < -0.4 is 5.73 Å². The molecule has 1 nitrogen and oxygen atoms in total. The number of nitrogens with two attached hydrogens (primary N) is 1. The number of aryl methyl sites for hydroxylation is 1. The first-order valence-electron chi connectivity index (χ1n) is 5.89. The van der Waals surface area contributed by atoms with Crippen molar-refractivity contribution in [3.8, 4) is 11.1 Å². The minimum atomic E-state index is -4.30. The van der Waals surface area contributed by atoms with Gasteiger partial charge < -0.3 is 5.73 Å². The maximum atomic E-state index is 12.5. The van der Waals surface area contributed by atoms with Gasteiger partial charge in [-0.1, -0.05) is 35.9 Å². The highest BCUT2D eigenvalue weighted by atomic mass is 19.4. The molecule has 2 N–H and O–H groups in total. The van der Waals surface area contributed by atoms with E-state index in [1.165, 1.54) is 12.1 Å². The third kappa shape index (κ3) is 2.96. The Balaban J connectivity index is 2.45. The van der Waals surface area contributed by atoms with Crippen molar-refractivity contribution in [1.82, 2.24) is 0 Å². The van der Waals surface area contributed by atoms with E-state index in [0.717, 1.165) is 34.4 Å². The molecule has 0 bridgehead atoms. The second-order valence-electron chi connectivity index (χ2n) is 4.44. The summed E-state index contributed by atoms with van der Waals surface area (Å²) in [4.78, 5) is 0. The fourth-order valence-electron chi connectivity index (χ4n) is 1.98. The van der Waals surface area contributed by atoms with Gasteiger partial charge in [0, 0.05) is 6.54 Å². The Morgan fingerprint density at radius 3 is 2.16 bits per heavy atom. The molecule has 0 aliphatic rings. The molecule has 19 heavy (non-hydrogen) atoms. The fourth-order valence-corrected chi connectivity index (χ4v) is 1.98. The van der Waals surface area contributed by atoms with Crippen LogP contribution in [-0.2, 0) is 12.7 Å². The Kier molecular flexibility index (Phi) is 3.62. The highest BCUT2D eigenvalue weighted by Gasteiger charge is 2.29. The van der Waals surface area contributed by atoms with E-state index in [9.17, 15) is 13.2 Å². The normalized spacial score (nSPS) is 11.6. The number of halogens is 3. The van der Waals surface area contributed by atoms with Crippen LogP contribution in [0.3, 0.4) is 0 Å². The molecule has 0 spiro atoms. The lowest BCUT2D eigenvalue weighted by atomic mass is 9.97. The SMILES string of the molecule is Cc1ccc(CN)c(-c2ccc(C(F)(F)F)cc2)c1. The van der Waals surface area contributed by atoms with E-state index in [0.29, 0.717) is 6.54 Å². The summed E-state index contributed by atoms with van der Waals surface area (Å²) in [5, 5.41) is 0. The Bertz CT molecular complexity index is 571. The topological polar surface area (TPSA) is 26.0 Å². The predicted molar refractivity (Wildman–Crippen MR) is 69.5 cm³/mol. The van der Waals surface area contributed by atoms with Crippen LogP contribution in [0.15, 0.2) is 42.5 Å². The van der Waals surface area contributed by atoms with Crippen LogP contribution in [-0.4, -0.2) is 0 Å². The van der Waals surface area contributed by atoms with Gasteiger partial charge >= 0.3 is 6.18 Å². The average molecular weight is 265 g/mol. The lowest BCUT2D eigenvalue weighted by Crippen LogP contribution is -2.04. The monoisotopic (exact) mass is 265 g/mol. The third-order valence-electron chi connectivity index (χ3n) is 3.01. The smallest absolute Gasteiger partial charge is 0.326 e. The molecule has 0 atom stereocenters. The highest BCUT2D eigenvalue weighted by Crippen LogP contribution is 2.32. The van der Waals surface area contributed by atoms with Gasteiger partial charge in [-0.25, -0.2) is 0 Å². The van der Waals surface area contributed by atoms with E-state index >= 15 is 0 Å². The van der Waals surface area contributed by atoms with Crippen LogP contribution in [0.4, 0.5) is 13.2 Å². The second kappa shape index (κ2) is 5.05. The molecule has 0 saturated heterocycles. The van der Waals surface area contributed by atoms with E-state index in [4.69, 9.17) is 5.73 Å². The van der Waals surface area contributed by atoms with Crippen molar-refractivity contribution in [3.63, 3.8) is 0 Å². The van der Waals surface area contributed by atoms with Crippen molar-refractivity contribution >= 4 is 0 Å². The van der Waals surface area contributed by atoms with E-state index in [-0.39, 0.29) is 0 Å². The maximum Gasteiger partial charge on any atom is 0.416 e. The summed E-state index contributed by atoms with van der Waals surface area (Å²) in [6, 6.07) is 10.9. The summed E-state index contributed by atoms with van der Waals surface area (Å²) in [6.07, 6.45) is -4.30. The van der Waals surface area contributed by atoms with Gasteiger partial charge in [-0.2, -0.15) is 13.2 Å². The molecule has 0 aliphatic carbocycles. The molecular weight excluding hydrogens is 251 g/mol. The van der Waals surface area contributed by atoms with E-state index < -0.39 is 11.7 Å². The average Bonchev–Trinajstić information content (AvgIpc) is 2.38. The van der Waals surface area contributed by atoms with Gasteiger partial charge in [0.15, 0.2) is 0 Å². The zero-order chi connectivity index (χ0) is 14.0. The minimum Gasteiger partial charge on any atom is -0.326 e. The van der Waals surface area contributed by atoms with Crippen molar-refractivity contribution in [1.29, 1.82) is 0 Å². The molecule has 0 amide bonds. The molecule has 2 aromatic carbocycles. The molecule has 0 radical (unpaired) electrons. The molecule has 0 saturated carbocycles. The van der Waals surface area contributed by atoms with Crippen molar-refractivity contribution in [2.24, 2.45) is 5.73 Å². The molecule has 0 heterocycles. The first kappa shape index (κ1) is 13.6. The van der Waals surface area contributed by atoms with Gasteiger partial charge in [0.05, 0.1) is 5.56 Å². The molecule has 0 aromatic heterocycles. The third-order valence-corrected chi connectivity index (χ3v) is 3.01. The first-order valence-corrected chi connectivity index (χ1v) is 5.89. The number of benzene rings is 2. The Morgan fingerprint density at radius 1 is 1.00 bits per heavy atom. The summed E-state index contributed by atoms with van der Waals surface area (Å²) in [7, 11) is 0. The predicted octanol–water partition coefficient (Wildman–Crippen LogP) is 4.14. The largest absolute Gasteiger partial charge is 0.416 e. The Morgan fingerprint density at radius 2 is 1.63 bits per heavy atom. The molecule has 2 aromatic rings. The van der Waals surface area contributed by atoms with Crippen LogP contribution in [0.25, 0.3) is 11.1 Å². The molecule has 0 fully saturated rings. The second-order valence-corrected chi connectivity index (χ2v) is 4.44. The lowest BCUT2D eigenvalue weighted by Gasteiger charge is -2.11. The fraction of sp³-hybridized carbons (Fsp3) is 0.200. The van der Waals surface area contributed by atoms with Crippen LogP contribution in [0.2, 0.25) is 0 Å². The molecule has 100 valence electrons. The number of hydrogen-bond acceptors (Lipinski definition) is 1. The summed E-state index contributed by atoms with van der Waals surface area (Å²) in [6.45, 7) is 2.30. The molecular formula is C15H14F3N. The molecule has 0 aliphatic heterocycles. The van der Waals surface area contributed by atoms with Gasteiger partial charge in [0.25, 0.3) is 0 Å². The van der Waals surface area contributed by atoms with E-state index in [2.05, 4.69) is 0 Å². The van der Waals surface area contributed by atoms with Gasteiger partial charge in [0.2, 0.25) is 0 Å². The summed E-state index contributed by atoms with van der Waals surface area (Å²) < 4.78 is 37.5. The van der Waals surface area contributed by atoms with Crippen molar-refractivity contribution < 1.29 is 13.2 Å². The van der Waals surface area contributed by atoms with Gasteiger partial charge in [-0.3, -0.25) is 0 Å². The summed E-state index contributed by atoms with van der Waals surface area (Å²) in [5.41, 5.74) is 8.62. The quantitative estimate of drug-likeness (QED) is 0.867. The Labute approximate surface area is 109 Å². The van der Waals surface area contributed by atoms with Crippen LogP contribution in [0.5, 0.6) is 0 Å². The lowest BCUT2D eigenvalue weighted by molar-refractivity contribution is -0.137. The highest BCUT2D eigenvalue weighted by molar-refractivity contribution is 5.68. The zero-order valence-corrected chi connectivity index (χ0v) is 10.5. The summed E-state index contributed by atoms with van der Waals surface area (Å²) >= 11 is 0. The van der Waals surface area contributed by atoms with Crippen LogP contribution in [0.1, 0.15) is 16.7 Å². The van der Waals surface area contributed by atoms with Crippen LogP contribution in [0, 0.1) is 6.92 Å². The Hall–Kier alpha value is -1.81. The molecule has 4 heteroatoms. The van der Waals surface area contributed by atoms with Crippen molar-refractivity contribution in [2.45, 2.75) is 19.6 Å². The molecule has 2 rings (SSSR count).